The zero-order valence-electron chi connectivity index (χ0n) is 16.2. The van der Waals surface area contributed by atoms with Crippen molar-refractivity contribution >= 4 is 17.7 Å². The Bertz CT molecular complexity index is 968. The van der Waals surface area contributed by atoms with E-state index in [1.807, 2.05) is 66.2 Å². The summed E-state index contributed by atoms with van der Waals surface area (Å²) in [6.07, 6.45) is 7.24. The van der Waals surface area contributed by atoms with Gasteiger partial charge in [0.05, 0.1) is 11.4 Å². The fourth-order valence-electron chi connectivity index (χ4n) is 3.74. The van der Waals surface area contributed by atoms with Gasteiger partial charge in [-0.1, -0.05) is 48.5 Å². The van der Waals surface area contributed by atoms with Gasteiger partial charge in [0.1, 0.15) is 5.82 Å². The van der Waals surface area contributed by atoms with Gasteiger partial charge in [-0.2, -0.15) is 5.10 Å². The van der Waals surface area contributed by atoms with Crippen LogP contribution in [0.15, 0.2) is 66.7 Å². The summed E-state index contributed by atoms with van der Waals surface area (Å²) in [6.45, 7) is 4.05. The molecule has 0 bridgehead atoms. The number of hydrogen-bond acceptors (Lipinski definition) is 3. The highest BCUT2D eigenvalue weighted by Crippen LogP contribution is 2.30. The molecular weight excluding hydrogens is 346 g/mol. The highest BCUT2D eigenvalue weighted by molar-refractivity contribution is 6.07. The summed E-state index contributed by atoms with van der Waals surface area (Å²) in [4.78, 5) is 15.0. The molecule has 2 heterocycles. The number of piperidine rings is 1. The topological polar surface area (TPSA) is 38.1 Å². The van der Waals surface area contributed by atoms with Crippen LogP contribution in [0.4, 0.5) is 5.82 Å². The van der Waals surface area contributed by atoms with Gasteiger partial charge in [-0.3, -0.25) is 4.79 Å². The molecule has 2 aromatic carbocycles. The number of allylic oxidation sites excluding steroid dienone is 1. The minimum absolute atomic E-state index is 0.0112. The molecule has 0 N–H and O–H groups in total. The van der Waals surface area contributed by atoms with E-state index in [1.54, 1.807) is 6.08 Å². The van der Waals surface area contributed by atoms with Gasteiger partial charge in [0.15, 0.2) is 5.78 Å². The van der Waals surface area contributed by atoms with Crippen molar-refractivity contribution in [1.29, 1.82) is 0 Å². The quantitative estimate of drug-likeness (QED) is 0.464. The summed E-state index contributed by atoms with van der Waals surface area (Å²) < 4.78 is 2.02. The van der Waals surface area contributed by atoms with Gasteiger partial charge in [-0.25, -0.2) is 4.68 Å². The number of nitrogens with zero attached hydrogens (tertiary/aromatic N) is 3. The highest BCUT2D eigenvalue weighted by Gasteiger charge is 2.22. The third kappa shape index (κ3) is 3.77. The molecule has 1 saturated heterocycles. The Balaban J connectivity index is 1.75. The van der Waals surface area contributed by atoms with Crippen LogP contribution >= 0.6 is 0 Å². The Morgan fingerprint density at radius 3 is 2.25 bits per heavy atom. The summed E-state index contributed by atoms with van der Waals surface area (Å²) >= 11 is 0. The number of rotatable bonds is 5. The maximum absolute atomic E-state index is 12.6. The molecule has 0 saturated carbocycles. The monoisotopic (exact) mass is 371 g/mol. The van der Waals surface area contributed by atoms with Crippen LogP contribution in [0.2, 0.25) is 0 Å². The number of aryl methyl sites for hydroxylation is 1. The second-order valence-electron chi connectivity index (χ2n) is 7.18. The minimum atomic E-state index is 0.0112. The normalized spacial score (nSPS) is 14.5. The molecule has 142 valence electrons. The Morgan fingerprint density at radius 2 is 1.57 bits per heavy atom. The average molecular weight is 371 g/mol. The summed E-state index contributed by atoms with van der Waals surface area (Å²) in [5, 5.41) is 4.82. The number of para-hydroxylation sites is 1. The van der Waals surface area contributed by atoms with Crippen LogP contribution in [0, 0.1) is 6.92 Å². The van der Waals surface area contributed by atoms with Crippen molar-refractivity contribution in [3.8, 4) is 5.69 Å². The van der Waals surface area contributed by atoms with Crippen molar-refractivity contribution in [3.05, 3.63) is 83.6 Å². The molecule has 1 aliphatic rings. The number of hydrogen-bond donors (Lipinski definition) is 0. The predicted octanol–water partition coefficient (Wildman–Crippen LogP) is 5.07. The van der Waals surface area contributed by atoms with Gasteiger partial charge in [-0.05, 0) is 50.5 Å². The molecule has 0 unspecified atom stereocenters. The molecule has 0 atom stereocenters. The van der Waals surface area contributed by atoms with Crippen LogP contribution < -0.4 is 4.90 Å². The average Bonchev–Trinajstić information content (AvgIpc) is 3.10. The van der Waals surface area contributed by atoms with Crippen LogP contribution in [-0.2, 0) is 0 Å². The molecule has 1 aliphatic heterocycles. The Labute approximate surface area is 166 Å². The second kappa shape index (κ2) is 8.26. The molecule has 1 fully saturated rings. The van der Waals surface area contributed by atoms with Gasteiger partial charge in [0, 0.05) is 24.2 Å². The smallest absolute Gasteiger partial charge is 0.185 e. The first-order valence-corrected chi connectivity index (χ1v) is 9.91. The van der Waals surface area contributed by atoms with E-state index in [9.17, 15) is 4.79 Å². The SMILES string of the molecule is Cc1nn(-c2ccccc2)c(N2CCCCC2)c1/C=C/C(=O)c1ccccc1. The fraction of sp³-hybridized carbons (Fsp3) is 0.250. The summed E-state index contributed by atoms with van der Waals surface area (Å²) in [6, 6.07) is 19.6. The van der Waals surface area contributed by atoms with Crippen molar-refractivity contribution in [1.82, 2.24) is 9.78 Å². The molecule has 4 rings (SSSR count). The second-order valence-corrected chi connectivity index (χ2v) is 7.18. The van der Waals surface area contributed by atoms with Crippen molar-refractivity contribution in [2.24, 2.45) is 0 Å². The maximum atomic E-state index is 12.6. The lowest BCUT2D eigenvalue weighted by Crippen LogP contribution is -2.31. The van der Waals surface area contributed by atoms with Gasteiger partial charge >= 0.3 is 0 Å². The first-order valence-electron chi connectivity index (χ1n) is 9.91. The number of aromatic nitrogens is 2. The number of carbonyl (C=O) groups is 1. The van der Waals surface area contributed by atoms with E-state index in [4.69, 9.17) is 5.10 Å². The van der Waals surface area contributed by atoms with Gasteiger partial charge in [-0.15, -0.1) is 0 Å². The molecular formula is C24H25N3O. The summed E-state index contributed by atoms with van der Waals surface area (Å²) in [5.41, 5.74) is 3.70. The number of carbonyl (C=O) groups excluding carboxylic acids is 1. The van der Waals surface area contributed by atoms with Crippen LogP contribution in [0.3, 0.4) is 0 Å². The van der Waals surface area contributed by atoms with E-state index in [2.05, 4.69) is 17.0 Å². The van der Waals surface area contributed by atoms with Crippen molar-refractivity contribution in [2.75, 3.05) is 18.0 Å². The summed E-state index contributed by atoms with van der Waals surface area (Å²) in [5.74, 6) is 1.09. The van der Waals surface area contributed by atoms with E-state index < -0.39 is 0 Å². The molecule has 4 nitrogen and oxygen atoms in total. The Morgan fingerprint density at radius 1 is 0.929 bits per heavy atom. The lowest BCUT2D eigenvalue weighted by molar-refractivity contribution is 0.104. The standard InChI is InChI=1S/C24H25N3O/c1-19-22(15-16-23(28)20-11-5-2-6-12-20)24(26-17-9-4-10-18-26)27(25-19)21-13-7-3-8-14-21/h2-3,5-8,11-16H,4,9-10,17-18H2,1H3/b16-15+. The number of anilines is 1. The number of ketones is 1. The van der Waals surface area contributed by atoms with E-state index in [-0.39, 0.29) is 5.78 Å². The van der Waals surface area contributed by atoms with Gasteiger partial charge in [0.25, 0.3) is 0 Å². The zero-order chi connectivity index (χ0) is 19.3. The molecule has 28 heavy (non-hydrogen) atoms. The fourth-order valence-corrected chi connectivity index (χ4v) is 3.74. The van der Waals surface area contributed by atoms with Crippen LogP contribution in [-0.4, -0.2) is 28.7 Å². The van der Waals surface area contributed by atoms with E-state index in [1.165, 1.54) is 19.3 Å². The Hall–Kier alpha value is -3.14. The van der Waals surface area contributed by atoms with Crippen LogP contribution in [0.5, 0.6) is 0 Å². The summed E-state index contributed by atoms with van der Waals surface area (Å²) in [7, 11) is 0. The first-order chi connectivity index (χ1) is 13.7. The zero-order valence-corrected chi connectivity index (χ0v) is 16.2. The van der Waals surface area contributed by atoms with E-state index in [0.717, 1.165) is 35.9 Å². The van der Waals surface area contributed by atoms with E-state index in [0.29, 0.717) is 5.56 Å². The van der Waals surface area contributed by atoms with Crippen LogP contribution in [0.25, 0.3) is 11.8 Å². The molecule has 0 radical (unpaired) electrons. The van der Waals surface area contributed by atoms with Crippen LogP contribution in [0.1, 0.15) is 40.9 Å². The molecule has 0 spiro atoms. The van der Waals surface area contributed by atoms with Crippen molar-refractivity contribution in [3.63, 3.8) is 0 Å². The Kier molecular flexibility index (Phi) is 5.38. The first kappa shape index (κ1) is 18.2. The molecule has 4 heteroatoms. The minimum Gasteiger partial charge on any atom is -0.356 e. The highest BCUT2D eigenvalue weighted by atomic mass is 16.1. The molecule has 0 aliphatic carbocycles. The molecule has 0 amide bonds. The predicted molar refractivity (Wildman–Crippen MR) is 114 cm³/mol. The lowest BCUT2D eigenvalue weighted by Gasteiger charge is -2.29. The molecule has 3 aromatic rings. The van der Waals surface area contributed by atoms with Gasteiger partial charge < -0.3 is 4.90 Å². The van der Waals surface area contributed by atoms with E-state index >= 15 is 0 Å². The number of benzene rings is 2. The maximum Gasteiger partial charge on any atom is 0.185 e. The van der Waals surface area contributed by atoms with Crippen molar-refractivity contribution < 1.29 is 4.79 Å². The van der Waals surface area contributed by atoms with Crippen molar-refractivity contribution in [2.45, 2.75) is 26.2 Å². The molecule has 1 aromatic heterocycles. The third-order valence-electron chi connectivity index (χ3n) is 5.20. The van der Waals surface area contributed by atoms with Gasteiger partial charge in [0.2, 0.25) is 0 Å². The largest absolute Gasteiger partial charge is 0.356 e. The third-order valence-corrected chi connectivity index (χ3v) is 5.20. The lowest BCUT2D eigenvalue weighted by atomic mass is 10.1.